The minimum atomic E-state index is -0.742. The van der Waals surface area contributed by atoms with Crippen LogP contribution in [-0.4, -0.2) is 83.7 Å². The van der Waals surface area contributed by atoms with Gasteiger partial charge in [0, 0.05) is 36.4 Å². The Kier molecular flexibility index (Phi) is 8.07. The fourth-order valence-corrected chi connectivity index (χ4v) is 7.16. The van der Waals surface area contributed by atoms with Gasteiger partial charge in [0.1, 0.15) is 17.5 Å². The third-order valence-electron chi connectivity index (χ3n) is 7.51. The highest BCUT2D eigenvalue weighted by molar-refractivity contribution is 8.01. The van der Waals surface area contributed by atoms with Crippen LogP contribution in [0.15, 0.2) is 54.6 Å². The number of amides is 3. The molecule has 2 aromatic rings. The van der Waals surface area contributed by atoms with Gasteiger partial charge < -0.3 is 20.3 Å². The number of carbonyl (C=O) groups excluding carboxylic acids is 3. The number of benzene rings is 2. The highest BCUT2D eigenvalue weighted by Crippen LogP contribution is 2.56. The minimum absolute atomic E-state index is 0.129. The van der Waals surface area contributed by atoms with Gasteiger partial charge in [-0.05, 0) is 44.0 Å². The highest BCUT2D eigenvalue weighted by Gasteiger charge is 2.57. The van der Waals surface area contributed by atoms with Gasteiger partial charge in [0.2, 0.25) is 11.8 Å². The summed E-state index contributed by atoms with van der Waals surface area (Å²) in [5, 5.41) is 5.86. The lowest BCUT2D eigenvalue weighted by atomic mass is 9.99. The van der Waals surface area contributed by atoms with Crippen LogP contribution in [0.2, 0.25) is 0 Å². The molecule has 3 aliphatic heterocycles. The Hall–Kier alpha value is -2.88. The van der Waals surface area contributed by atoms with Crippen LogP contribution in [0, 0.1) is 0 Å². The second kappa shape index (κ2) is 11.5. The smallest absolute Gasteiger partial charge is 0.256 e. The van der Waals surface area contributed by atoms with Crippen LogP contribution in [0.25, 0.3) is 0 Å². The van der Waals surface area contributed by atoms with Crippen molar-refractivity contribution in [2.24, 2.45) is 0 Å². The van der Waals surface area contributed by atoms with E-state index in [2.05, 4.69) is 15.5 Å². The van der Waals surface area contributed by atoms with E-state index in [1.165, 1.54) is 0 Å². The highest BCUT2D eigenvalue weighted by atomic mass is 32.2. The summed E-state index contributed by atoms with van der Waals surface area (Å²) >= 11 is 1.62. The average molecular weight is 537 g/mol. The summed E-state index contributed by atoms with van der Waals surface area (Å²) in [6.45, 7) is 8.74. The molecular formula is C29H36N4O4S. The van der Waals surface area contributed by atoms with Gasteiger partial charge in [-0.1, -0.05) is 48.5 Å². The van der Waals surface area contributed by atoms with E-state index in [-0.39, 0.29) is 23.1 Å². The van der Waals surface area contributed by atoms with E-state index < -0.39 is 16.8 Å². The monoisotopic (exact) mass is 536 g/mol. The van der Waals surface area contributed by atoms with Crippen LogP contribution in [0.1, 0.15) is 47.1 Å². The van der Waals surface area contributed by atoms with E-state index in [0.717, 1.165) is 50.4 Å². The van der Waals surface area contributed by atoms with Gasteiger partial charge in [-0.3, -0.25) is 19.3 Å². The van der Waals surface area contributed by atoms with Crippen molar-refractivity contribution in [2.75, 3.05) is 39.4 Å². The third-order valence-corrected chi connectivity index (χ3v) is 9.05. The fraction of sp³-hybridized carbons (Fsp3) is 0.483. The Morgan fingerprint density at radius 1 is 1.08 bits per heavy atom. The topological polar surface area (TPSA) is 91.0 Å². The van der Waals surface area contributed by atoms with Crippen LogP contribution in [0.4, 0.5) is 0 Å². The summed E-state index contributed by atoms with van der Waals surface area (Å²) in [7, 11) is 0. The Balaban J connectivity index is 1.27. The van der Waals surface area contributed by atoms with Crippen molar-refractivity contribution in [1.82, 2.24) is 20.4 Å². The number of fused-ring (bicyclic) bond motifs is 3. The van der Waals surface area contributed by atoms with E-state index in [4.69, 9.17) is 4.74 Å². The molecule has 9 heteroatoms. The van der Waals surface area contributed by atoms with Crippen LogP contribution in [-0.2, 0) is 20.7 Å². The van der Waals surface area contributed by atoms with Crippen molar-refractivity contribution in [3.05, 3.63) is 71.3 Å². The molecule has 202 valence electrons. The Morgan fingerprint density at radius 3 is 2.55 bits per heavy atom. The molecule has 5 rings (SSSR count). The first-order valence-corrected chi connectivity index (χ1v) is 14.2. The number of ether oxygens (including phenoxy) is 1. The van der Waals surface area contributed by atoms with Crippen LogP contribution >= 0.6 is 11.8 Å². The van der Waals surface area contributed by atoms with Gasteiger partial charge in [-0.15, -0.1) is 11.8 Å². The van der Waals surface area contributed by atoms with Gasteiger partial charge in [0.05, 0.1) is 13.2 Å². The quantitative estimate of drug-likeness (QED) is 0.479. The number of rotatable bonds is 9. The molecule has 38 heavy (non-hydrogen) atoms. The zero-order valence-electron chi connectivity index (χ0n) is 22.0. The lowest BCUT2D eigenvalue weighted by Crippen LogP contribution is -2.57. The maximum absolute atomic E-state index is 13.8. The lowest BCUT2D eigenvalue weighted by molar-refractivity contribution is -0.131. The number of morpholine rings is 1. The van der Waals surface area contributed by atoms with E-state index in [1.807, 2.05) is 68.4 Å². The van der Waals surface area contributed by atoms with Gasteiger partial charge in [-0.25, -0.2) is 0 Å². The van der Waals surface area contributed by atoms with Crippen molar-refractivity contribution < 1.29 is 19.1 Å². The summed E-state index contributed by atoms with van der Waals surface area (Å²) in [6.07, 6.45) is 1.20. The van der Waals surface area contributed by atoms with Crippen molar-refractivity contribution in [1.29, 1.82) is 0 Å². The molecule has 0 aliphatic carbocycles. The zero-order chi connectivity index (χ0) is 26.7. The molecular weight excluding hydrogens is 500 g/mol. The Labute approximate surface area is 228 Å². The Morgan fingerprint density at radius 2 is 1.79 bits per heavy atom. The third kappa shape index (κ3) is 5.60. The van der Waals surface area contributed by atoms with Crippen LogP contribution < -0.4 is 10.6 Å². The largest absolute Gasteiger partial charge is 0.379 e. The molecule has 8 nitrogen and oxygen atoms in total. The number of nitrogens with one attached hydrogen (secondary N) is 2. The molecule has 2 aromatic carbocycles. The predicted molar refractivity (Wildman–Crippen MR) is 148 cm³/mol. The normalized spacial score (nSPS) is 23.0. The molecule has 3 heterocycles. The summed E-state index contributed by atoms with van der Waals surface area (Å²) in [5.74, 6) is -0.633. The number of carbonyl (C=O) groups is 3. The fourth-order valence-electron chi connectivity index (χ4n) is 5.58. The van der Waals surface area contributed by atoms with Crippen molar-refractivity contribution in [3.63, 3.8) is 0 Å². The minimum Gasteiger partial charge on any atom is -0.379 e. The molecule has 0 radical (unpaired) electrons. The molecule has 3 unspecified atom stereocenters. The number of thioether (sulfide) groups is 1. The maximum Gasteiger partial charge on any atom is 0.256 e. The molecule has 2 saturated heterocycles. The standard InChI is InChI=1S/C29H36N4O4S/c1-29(2)24(33-27(36)21-11-6-7-12-22(21)28(33)38-29)26(35)31-23(19-20-9-4-3-5-10-20)25(34)30-13-8-14-32-15-17-37-18-16-32/h3-7,9-12,23-24,28H,8,13-19H2,1-2H3,(H,30,34)(H,31,35). The second-order valence-corrected chi connectivity index (χ2v) is 12.4. The van der Waals surface area contributed by atoms with E-state index >= 15 is 0 Å². The molecule has 3 amide bonds. The summed E-state index contributed by atoms with van der Waals surface area (Å²) in [4.78, 5) is 44.5. The first kappa shape index (κ1) is 26.7. The SMILES string of the molecule is CC1(C)SC2c3ccccc3C(=O)N2C1C(=O)NC(Cc1ccccc1)C(=O)NCCCN1CCOCC1. The van der Waals surface area contributed by atoms with Gasteiger partial charge in [-0.2, -0.15) is 0 Å². The Bertz CT molecular complexity index is 1170. The molecule has 0 aromatic heterocycles. The van der Waals surface area contributed by atoms with Crippen LogP contribution in [0.5, 0.6) is 0 Å². The number of nitrogens with zero attached hydrogens (tertiary/aromatic N) is 2. The average Bonchev–Trinajstić information content (AvgIpc) is 3.35. The molecule has 0 bridgehead atoms. The van der Waals surface area contributed by atoms with E-state index in [1.54, 1.807) is 16.7 Å². The molecule has 2 N–H and O–H groups in total. The van der Waals surface area contributed by atoms with Crippen molar-refractivity contribution >= 4 is 29.5 Å². The summed E-state index contributed by atoms with van der Waals surface area (Å²) in [5.41, 5.74) is 2.56. The van der Waals surface area contributed by atoms with Crippen molar-refractivity contribution in [3.8, 4) is 0 Å². The first-order chi connectivity index (χ1) is 18.3. The molecule has 3 atom stereocenters. The summed E-state index contributed by atoms with van der Waals surface area (Å²) in [6, 6.07) is 15.8. The van der Waals surface area contributed by atoms with Gasteiger partial charge in [0.15, 0.2) is 0 Å². The second-order valence-electron chi connectivity index (χ2n) is 10.6. The van der Waals surface area contributed by atoms with Crippen molar-refractivity contribution in [2.45, 2.75) is 48.9 Å². The summed E-state index contributed by atoms with van der Waals surface area (Å²) < 4.78 is 4.89. The number of hydrogen-bond donors (Lipinski definition) is 2. The first-order valence-electron chi connectivity index (χ1n) is 13.4. The zero-order valence-corrected chi connectivity index (χ0v) is 22.8. The van der Waals surface area contributed by atoms with E-state index in [9.17, 15) is 14.4 Å². The molecule has 2 fully saturated rings. The number of hydrogen-bond acceptors (Lipinski definition) is 6. The molecule has 3 aliphatic rings. The van der Waals surface area contributed by atoms with Gasteiger partial charge >= 0.3 is 0 Å². The molecule has 0 spiro atoms. The van der Waals surface area contributed by atoms with E-state index in [0.29, 0.717) is 18.5 Å². The maximum atomic E-state index is 13.8. The van der Waals surface area contributed by atoms with Gasteiger partial charge in [0.25, 0.3) is 5.91 Å². The lowest BCUT2D eigenvalue weighted by Gasteiger charge is -2.31. The van der Waals surface area contributed by atoms with Crippen LogP contribution in [0.3, 0.4) is 0 Å². The molecule has 0 saturated carbocycles. The predicted octanol–water partition coefficient (Wildman–Crippen LogP) is 2.60.